The Morgan fingerprint density at radius 2 is 1.85 bits per heavy atom. The van der Waals surface area contributed by atoms with Gasteiger partial charge in [-0.1, -0.05) is 26.0 Å². The van der Waals surface area contributed by atoms with Crippen LogP contribution in [0.15, 0.2) is 24.3 Å². The van der Waals surface area contributed by atoms with E-state index in [1.807, 2.05) is 13.8 Å². The molecule has 1 aromatic rings. The van der Waals surface area contributed by atoms with Crippen LogP contribution in [-0.2, 0) is 15.1 Å². The molecule has 0 bridgehead atoms. The van der Waals surface area contributed by atoms with Gasteiger partial charge in [0.1, 0.15) is 0 Å². The van der Waals surface area contributed by atoms with Crippen LogP contribution < -0.4 is 11.1 Å². The fraction of sp³-hybridized carbons (Fsp3) is 0.471. The van der Waals surface area contributed by atoms with Crippen LogP contribution in [0, 0.1) is 5.92 Å². The lowest BCUT2D eigenvalue weighted by Crippen LogP contribution is -2.56. The number of carboxylic acids is 2. The van der Waals surface area contributed by atoms with Crippen molar-refractivity contribution in [1.82, 2.24) is 10.2 Å². The van der Waals surface area contributed by atoms with Crippen molar-refractivity contribution in [2.45, 2.75) is 32.4 Å². The highest BCUT2D eigenvalue weighted by molar-refractivity contribution is 5.87. The maximum Gasteiger partial charge on any atom is 0.334 e. The number of rotatable bonds is 8. The van der Waals surface area contributed by atoms with Crippen molar-refractivity contribution in [2.75, 3.05) is 18.8 Å². The minimum absolute atomic E-state index is 0.0230. The number of anilines is 1. The maximum absolute atomic E-state index is 12.6. The van der Waals surface area contributed by atoms with E-state index in [0.29, 0.717) is 5.69 Å². The van der Waals surface area contributed by atoms with Crippen molar-refractivity contribution >= 4 is 23.7 Å². The molecule has 0 spiro atoms. The number of carbonyl (C=O) groups excluding carboxylic acids is 1. The number of aliphatic carboxylic acids is 2. The normalized spacial score (nSPS) is 14.3. The van der Waals surface area contributed by atoms with E-state index in [1.165, 1.54) is 19.1 Å². The summed E-state index contributed by atoms with van der Waals surface area (Å²) < 4.78 is 0. The molecule has 0 saturated carbocycles. The third kappa shape index (κ3) is 5.35. The van der Waals surface area contributed by atoms with Crippen LogP contribution in [0.3, 0.4) is 0 Å². The van der Waals surface area contributed by atoms with Gasteiger partial charge in [0.15, 0.2) is 11.6 Å². The SMILES string of the molecule is CC(C)CN(CC(O)C(=O)O)C(=O)N[C@](C)(C(=O)O)c1cccc(N)c1. The molecule has 0 radical (unpaired) electrons. The van der Waals surface area contributed by atoms with Gasteiger partial charge in [0.2, 0.25) is 0 Å². The van der Waals surface area contributed by atoms with E-state index in [2.05, 4.69) is 5.32 Å². The third-order valence-corrected chi connectivity index (χ3v) is 3.80. The molecule has 0 saturated heterocycles. The second kappa shape index (κ2) is 8.52. The van der Waals surface area contributed by atoms with E-state index in [4.69, 9.17) is 10.8 Å². The standard InChI is InChI=1S/C17H25N3O6/c1-10(2)8-20(9-13(21)14(22)23)16(26)19-17(3,15(24)25)11-5-4-6-12(18)7-11/h4-7,10,13,21H,8-9,18H2,1-3H3,(H,19,26)(H,22,23)(H,24,25)/t13?,17-/m0/s1. The summed E-state index contributed by atoms with van der Waals surface area (Å²) >= 11 is 0. The molecule has 0 aromatic heterocycles. The number of nitrogens with zero attached hydrogens (tertiary/aromatic N) is 1. The highest BCUT2D eigenvalue weighted by atomic mass is 16.4. The summed E-state index contributed by atoms with van der Waals surface area (Å²) in [6.45, 7) is 4.60. The van der Waals surface area contributed by atoms with Gasteiger partial charge in [-0.3, -0.25) is 0 Å². The van der Waals surface area contributed by atoms with Crippen molar-refractivity contribution in [1.29, 1.82) is 0 Å². The molecule has 1 aromatic carbocycles. The predicted octanol–water partition coefficient (Wildman–Crippen LogP) is 0.682. The lowest BCUT2D eigenvalue weighted by atomic mass is 9.92. The Hall–Kier alpha value is -2.81. The molecular formula is C17H25N3O6. The summed E-state index contributed by atoms with van der Waals surface area (Å²) in [6.07, 6.45) is -1.78. The molecule has 0 aliphatic rings. The Balaban J connectivity index is 3.12. The summed E-state index contributed by atoms with van der Waals surface area (Å²) in [5.74, 6) is -2.80. The summed E-state index contributed by atoms with van der Waals surface area (Å²) in [5, 5.41) is 30.5. The second-order valence-electron chi connectivity index (χ2n) is 6.64. The van der Waals surface area contributed by atoms with Gasteiger partial charge in [0.05, 0.1) is 6.54 Å². The number of carboxylic acid groups (broad SMARTS) is 2. The maximum atomic E-state index is 12.6. The molecule has 26 heavy (non-hydrogen) atoms. The Kier molecular flexibility index (Phi) is 6.96. The van der Waals surface area contributed by atoms with Gasteiger partial charge in [-0.2, -0.15) is 0 Å². The number of urea groups is 1. The predicted molar refractivity (Wildman–Crippen MR) is 94.4 cm³/mol. The van der Waals surface area contributed by atoms with Crippen molar-refractivity contribution in [3.8, 4) is 0 Å². The van der Waals surface area contributed by atoms with Crippen LogP contribution in [0.4, 0.5) is 10.5 Å². The minimum Gasteiger partial charge on any atom is -0.479 e. The number of nitrogens with one attached hydrogen (secondary N) is 1. The quantitative estimate of drug-likeness (QED) is 0.423. The lowest BCUT2D eigenvalue weighted by Gasteiger charge is -2.32. The summed E-state index contributed by atoms with van der Waals surface area (Å²) in [4.78, 5) is 36.4. The average Bonchev–Trinajstić information content (AvgIpc) is 2.53. The molecule has 0 heterocycles. The molecular weight excluding hydrogens is 342 g/mol. The van der Waals surface area contributed by atoms with Gasteiger partial charge < -0.3 is 31.3 Å². The first kappa shape index (κ1) is 21.2. The zero-order chi connectivity index (χ0) is 20.1. The van der Waals surface area contributed by atoms with Crippen LogP contribution in [0.1, 0.15) is 26.3 Å². The van der Waals surface area contributed by atoms with Crippen LogP contribution in [0.5, 0.6) is 0 Å². The number of hydrogen-bond acceptors (Lipinski definition) is 5. The molecule has 9 nitrogen and oxygen atoms in total. The third-order valence-electron chi connectivity index (χ3n) is 3.80. The summed E-state index contributed by atoms with van der Waals surface area (Å²) in [6, 6.07) is 5.31. The molecule has 144 valence electrons. The monoisotopic (exact) mass is 367 g/mol. The summed E-state index contributed by atoms with van der Waals surface area (Å²) in [5.41, 5.74) is 4.52. The van der Waals surface area contributed by atoms with Crippen LogP contribution in [0.25, 0.3) is 0 Å². The van der Waals surface area contributed by atoms with Gasteiger partial charge in [-0.25, -0.2) is 14.4 Å². The van der Waals surface area contributed by atoms with Gasteiger partial charge in [0, 0.05) is 12.2 Å². The first-order valence-electron chi connectivity index (χ1n) is 8.04. The molecule has 0 aliphatic heterocycles. The molecule has 1 unspecified atom stereocenters. The van der Waals surface area contributed by atoms with Crippen LogP contribution in [-0.4, -0.2) is 57.4 Å². The molecule has 9 heteroatoms. The number of carbonyl (C=O) groups is 3. The van der Waals surface area contributed by atoms with E-state index in [0.717, 1.165) is 4.90 Å². The number of aliphatic hydroxyl groups excluding tert-OH is 1. The number of amides is 2. The first-order chi connectivity index (χ1) is 12.0. The first-order valence-corrected chi connectivity index (χ1v) is 8.04. The largest absolute Gasteiger partial charge is 0.479 e. The molecule has 6 N–H and O–H groups in total. The smallest absolute Gasteiger partial charge is 0.334 e. The van der Waals surface area contributed by atoms with Gasteiger partial charge in [0.25, 0.3) is 0 Å². The van der Waals surface area contributed by atoms with E-state index < -0.39 is 36.2 Å². The van der Waals surface area contributed by atoms with Gasteiger partial charge in [-0.05, 0) is 30.5 Å². The number of aliphatic hydroxyl groups is 1. The van der Waals surface area contributed by atoms with E-state index >= 15 is 0 Å². The van der Waals surface area contributed by atoms with E-state index in [9.17, 15) is 24.6 Å². The lowest BCUT2D eigenvalue weighted by molar-refractivity contribution is -0.147. The molecule has 2 amide bonds. The highest BCUT2D eigenvalue weighted by Crippen LogP contribution is 2.23. The zero-order valence-electron chi connectivity index (χ0n) is 15.0. The van der Waals surface area contributed by atoms with Crippen LogP contribution >= 0.6 is 0 Å². The fourth-order valence-electron chi connectivity index (χ4n) is 2.36. The van der Waals surface area contributed by atoms with Crippen molar-refractivity contribution in [3.63, 3.8) is 0 Å². The minimum atomic E-state index is -1.78. The number of benzene rings is 1. The molecule has 0 aliphatic carbocycles. The van der Waals surface area contributed by atoms with Crippen LogP contribution in [0.2, 0.25) is 0 Å². The van der Waals surface area contributed by atoms with E-state index in [1.54, 1.807) is 12.1 Å². The molecule has 1 rings (SSSR count). The van der Waals surface area contributed by atoms with Gasteiger partial charge in [-0.15, -0.1) is 0 Å². The number of nitrogens with two attached hydrogens (primary N) is 1. The topological polar surface area (TPSA) is 153 Å². The van der Waals surface area contributed by atoms with E-state index in [-0.39, 0.29) is 18.0 Å². The fourth-order valence-corrected chi connectivity index (χ4v) is 2.36. The molecule has 2 atom stereocenters. The second-order valence-corrected chi connectivity index (χ2v) is 6.64. The Morgan fingerprint density at radius 3 is 2.31 bits per heavy atom. The number of nitrogen functional groups attached to an aromatic ring is 1. The summed E-state index contributed by atoms with van der Waals surface area (Å²) in [7, 11) is 0. The van der Waals surface area contributed by atoms with Crippen molar-refractivity contribution < 1.29 is 29.7 Å². The van der Waals surface area contributed by atoms with Crippen molar-refractivity contribution in [3.05, 3.63) is 29.8 Å². The van der Waals surface area contributed by atoms with Crippen molar-refractivity contribution in [2.24, 2.45) is 5.92 Å². The molecule has 0 fully saturated rings. The average molecular weight is 367 g/mol. The zero-order valence-corrected chi connectivity index (χ0v) is 15.0. The highest BCUT2D eigenvalue weighted by Gasteiger charge is 2.38. The Labute approximate surface area is 151 Å². The Morgan fingerprint density at radius 1 is 1.23 bits per heavy atom. The van der Waals surface area contributed by atoms with Gasteiger partial charge >= 0.3 is 18.0 Å². The number of hydrogen-bond donors (Lipinski definition) is 5. The Bertz CT molecular complexity index is 678.